The van der Waals surface area contributed by atoms with Crippen molar-refractivity contribution in [1.82, 2.24) is 0 Å². The van der Waals surface area contributed by atoms with Crippen LogP contribution in [0.5, 0.6) is 0 Å². The molecule has 1 aliphatic carbocycles. The minimum absolute atomic E-state index is 0.00639. The Morgan fingerprint density at radius 1 is 1.54 bits per heavy atom. The molecule has 68 valence electrons. The second-order valence-corrected chi connectivity index (χ2v) is 4.25. The zero-order valence-electron chi connectivity index (χ0n) is 7.10. The van der Waals surface area contributed by atoms with Gasteiger partial charge in [-0.2, -0.15) is 0 Å². The quantitative estimate of drug-likeness (QED) is 0.684. The van der Waals surface area contributed by atoms with E-state index in [1.54, 1.807) is 0 Å². The van der Waals surface area contributed by atoms with Crippen molar-refractivity contribution in [3.05, 3.63) is 33.5 Å². The minimum atomic E-state index is -0.285. The maximum atomic E-state index is 12.9. The summed E-state index contributed by atoms with van der Waals surface area (Å²) < 4.78 is 13.5. The minimum Gasteiger partial charge on any atom is -0.294 e. The normalized spacial score (nSPS) is 20.5. The summed E-state index contributed by atoms with van der Waals surface area (Å²) in [6.07, 6.45) is 0.657. The van der Waals surface area contributed by atoms with E-state index in [4.69, 9.17) is 0 Å². The first-order valence-electron chi connectivity index (χ1n) is 4.11. The predicted octanol–water partition coefficient (Wildman–Crippen LogP) is 2.96. The van der Waals surface area contributed by atoms with E-state index >= 15 is 0 Å². The molecule has 2 rings (SSSR count). The Hall–Kier alpha value is -0.700. The van der Waals surface area contributed by atoms with Crippen LogP contribution in [0.3, 0.4) is 0 Å². The number of hydrogen-bond donors (Lipinski definition) is 0. The van der Waals surface area contributed by atoms with Crippen LogP contribution in [0.1, 0.15) is 22.8 Å². The number of rotatable bonds is 0. The fourth-order valence-corrected chi connectivity index (χ4v) is 2.40. The molecule has 0 spiro atoms. The summed E-state index contributed by atoms with van der Waals surface area (Å²) in [5, 5.41) is 0. The van der Waals surface area contributed by atoms with Crippen molar-refractivity contribution in [1.29, 1.82) is 0 Å². The lowest BCUT2D eigenvalue weighted by molar-refractivity contribution is 0.0945. The molecule has 0 heterocycles. The highest BCUT2D eigenvalue weighted by Gasteiger charge is 2.29. The smallest absolute Gasteiger partial charge is 0.167 e. The van der Waals surface area contributed by atoms with Gasteiger partial charge < -0.3 is 0 Å². The molecule has 1 nitrogen and oxygen atoms in total. The lowest BCUT2D eigenvalue weighted by Gasteiger charge is -2.00. The summed E-state index contributed by atoms with van der Waals surface area (Å²) in [6.45, 7) is 1.87. The third-order valence-corrected chi connectivity index (χ3v) is 2.98. The second kappa shape index (κ2) is 2.91. The molecular formula is C10H8BrFO. The molecule has 1 unspecified atom stereocenters. The second-order valence-electron chi connectivity index (χ2n) is 3.39. The van der Waals surface area contributed by atoms with Crippen LogP contribution in [0.15, 0.2) is 16.6 Å². The molecule has 0 fully saturated rings. The van der Waals surface area contributed by atoms with Crippen molar-refractivity contribution in [3.8, 4) is 0 Å². The largest absolute Gasteiger partial charge is 0.294 e. The van der Waals surface area contributed by atoms with Crippen LogP contribution < -0.4 is 0 Å². The Kier molecular flexibility index (Phi) is 1.99. The van der Waals surface area contributed by atoms with Crippen LogP contribution in [0, 0.1) is 11.7 Å². The number of halogens is 2. The fraction of sp³-hybridized carbons (Fsp3) is 0.300. The van der Waals surface area contributed by atoms with E-state index in [0.717, 1.165) is 5.56 Å². The van der Waals surface area contributed by atoms with E-state index in [1.165, 1.54) is 12.1 Å². The Morgan fingerprint density at radius 3 is 2.92 bits per heavy atom. The van der Waals surface area contributed by atoms with Crippen molar-refractivity contribution in [2.75, 3.05) is 0 Å². The first-order chi connectivity index (χ1) is 6.09. The predicted molar refractivity (Wildman–Crippen MR) is 51.3 cm³/mol. The van der Waals surface area contributed by atoms with Gasteiger partial charge in [-0.05, 0) is 40.0 Å². The highest BCUT2D eigenvalue weighted by atomic mass is 79.9. The van der Waals surface area contributed by atoms with Crippen LogP contribution in [-0.4, -0.2) is 5.78 Å². The molecule has 0 radical (unpaired) electrons. The monoisotopic (exact) mass is 242 g/mol. The Labute approximate surface area is 84.1 Å². The van der Waals surface area contributed by atoms with Gasteiger partial charge in [0.15, 0.2) is 5.78 Å². The summed E-state index contributed by atoms with van der Waals surface area (Å²) >= 11 is 3.21. The molecule has 1 aliphatic rings. The highest BCUT2D eigenvalue weighted by Crippen LogP contribution is 2.32. The van der Waals surface area contributed by atoms with Crippen LogP contribution in [0.25, 0.3) is 0 Å². The standard InChI is InChI=1S/C10H8BrFO/c1-5-2-6-3-7(12)4-8(11)9(6)10(5)13/h3-5H,2H2,1H3. The number of carbonyl (C=O) groups excluding carboxylic acids is 1. The Bertz CT molecular complexity index is 387. The van der Waals surface area contributed by atoms with Gasteiger partial charge in [0.05, 0.1) is 0 Å². The number of hydrogen-bond acceptors (Lipinski definition) is 1. The third kappa shape index (κ3) is 1.31. The number of ketones is 1. The van der Waals surface area contributed by atoms with Crippen molar-refractivity contribution in [2.24, 2.45) is 5.92 Å². The van der Waals surface area contributed by atoms with Gasteiger partial charge in [0.25, 0.3) is 0 Å². The van der Waals surface area contributed by atoms with E-state index in [0.29, 0.717) is 16.5 Å². The lowest BCUT2D eigenvalue weighted by atomic mass is 10.1. The molecule has 1 aromatic carbocycles. The molecule has 0 bridgehead atoms. The molecule has 3 heteroatoms. The van der Waals surface area contributed by atoms with Gasteiger partial charge in [-0.1, -0.05) is 6.92 Å². The Balaban J connectivity index is 2.64. The van der Waals surface area contributed by atoms with Gasteiger partial charge in [-0.3, -0.25) is 4.79 Å². The molecule has 0 saturated heterocycles. The molecule has 0 saturated carbocycles. The van der Waals surface area contributed by atoms with Crippen LogP contribution in [-0.2, 0) is 6.42 Å². The molecule has 0 N–H and O–H groups in total. The topological polar surface area (TPSA) is 17.1 Å². The first kappa shape index (κ1) is 8.88. The van der Waals surface area contributed by atoms with Crippen molar-refractivity contribution >= 4 is 21.7 Å². The van der Waals surface area contributed by atoms with E-state index < -0.39 is 0 Å². The van der Waals surface area contributed by atoms with Crippen molar-refractivity contribution in [3.63, 3.8) is 0 Å². The third-order valence-electron chi connectivity index (χ3n) is 2.36. The van der Waals surface area contributed by atoms with Crippen LogP contribution >= 0.6 is 15.9 Å². The number of Topliss-reactive ketones (excluding diaryl/α,β-unsaturated/α-hetero) is 1. The zero-order chi connectivity index (χ0) is 9.59. The molecule has 0 amide bonds. The van der Waals surface area contributed by atoms with Gasteiger partial charge in [0.2, 0.25) is 0 Å². The molecule has 0 aromatic heterocycles. The molecule has 13 heavy (non-hydrogen) atoms. The van der Waals surface area contributed by atoms with Gasteiger partial charge >= 0.3 is 0 Å². The maximum absolute atomic E-state index is 12.9. The SMILES string of the molecule is CC1Cc2cc(F)cc(Br)c2C1=O. The summed E-state index contributed by atoms with van der Waals surface area (Å²) in [7, 11) is 0. The fourth-order valence-electron chi connectivity index (χ4n) is 1.73. The van der Waals surface area contributed by atoms with Crippen LogP contribution in [0.4, 0.5) is 4.39 Å². The van der Waals surface area contributed by atoms with E-state index in [-0.39, 0.29) is 17.5 Å². The molecule has 1 atom stereocenters. The first-order valence-corrected chi connectivity index (χ1v) is 4.91. The van der Waals surface area contributed by atoms with E-state index in [1.807, 2.05) is 6.92 Å². The number of fused-ring (bicyclic) bond motifs is 1. The summed E-state index contributed by atoms with van der Waals surface area (Å²) in [5.41, 5.74) is 1.48. The lowest BCUT2D eigenvalue weighted by Crippen LogP contribution is -2.03. The van der Waals surface area contributed by atoms with Gasteiger partial charge in [-0.15, -0.1) is 0 Å². The van der Waals surface area contributed by atoms with Crippen LogP contribution in [0.2, 0.25) is 0 Å². The molecule has 0 aliphatic heterocycles. The maximum Gasteiger partial charge on any atom is 0.167 e. The molecule has 1 aromatic rings. The van der Waals surface area contributed by atoms with E-state index in [2.05, 4.69) is 15.9 Å². The van der Waals surface area contributed by atoms with Gasteiger partial charge in [0.1, 0.15) is 5.82 Å². The van der Waals surface area contributed by atoms with Crippen molar-refractivity contribution < 1.29 is 9.18 Å². The van der Waals surface area contributed by atoms with Gasteiger partial charge in [0, 0.05) is 16.0 Å². The average molecular weight is 243 g/mol. The van der Waals surface area contributed by atoms with Gasteiger partial charge in [-0.25, -0.2) is 4.39 Å². The van der Waals surface area contributed by atoms with E-state index in [9.17, 15) is 9.18 Å². The summed E-state index contributed by atoms with van der Waals surface area (Å²) in [4.78, 5) is 11.6. The zero-order valence-corrected chi connectivity index (χ0v) is 8.69. The highest BCUT2D eigenvalue weighted by molar-refractivity contribution is 9.10. The average Bonchev–Trinajstić information content (AvgIpc) is 2.27. The number of carbonyl (C=O) groups is 1. The molecular weight excluding hydrogens is 235 g/mol. The summed E-state index contributed by atoms with van der Waals surface area (Å²) in [6, 6.07) is 2.79. The Morgan fingerprint density at radius 2 is 2.23 bits per heavy atom. The number of benzene rings is 1. The summed E-state index contributed by atoms with van der Waals surface area (Å²) in [5.74, 6) is -0.178. The van der Waals surface area contributed by atoms with Crippen molar-refractivity contribution in [2.45, 2.75) is 13.3 Å².